The van der Waals surface area contributed by atoms with Crippen molar-refractivity contribution in [1.82, 2.24) is 10.2 Å². The van der Waals surface area contributed by atoms with Crippen LogP contribution in [-0.2, 0) is 9.59 Å². The molecule has 166 valence electrons. The molecule has 9 heteroatoms. The predicted octanol–water partition coefficient (Wildman–Crippen LogP) is 4.00. The lowest BCUT2D eigenvalue weighted by atomic mass is 10.2. The van der Waals surface area contributed by atoms with Gasteiger partial charge >= 0.3 is 0 Å². The molecule has 2 rings (SSSR count). The second kappa shape index (κ2) is 12.2. The van der Waals surface area contributed by atoms with E-state index in [1.54, 1.807) is 43.5 Å². The first-order chi connectivity index (χ1) is 14.8. The van der Waals surface area contributed by atoms with E-state index in [4.69, 9.17) is 27.9 Å². The van der Waals surface area contributed by atoms with Crippen molar-refractivity contribution in [3.05, 3.63) is 58.1 Å². The van der Waals surface area contributed by atoms with Gasteiger partial charge in [0.25, 0.3) is 5.91 Å². The standard InChI is InChI=1S/C22H25Cl2N3O4/c1-3-4-11-27(22(30)15-5-10-18(23)19(24)12-15)14-21(29)25-13-20(28)26-16-6-8-17(31-2)9-7-16/h5-10,12H,3-4,11,13-14H2,1-2H3,(H,25,29)(H,26,28). The first kappa shape index (κ1) is 24.5. The van der Waals surface area contributed by atoms with Gasteiger partial charge in [0.2, 0.25) is 11.8 Å². The van der Waals surface area contributed by atoms with Gasteiger partial charge in [-0.25, -0.2) is 0 Å². The highest BCUT2D eigenvalue weighted by Gasteiger charge is 2.19. The Morgan fingerprint density at radius 1 is 1.00 bits per heavy atom. The van der Waals surface area contributed by atoms with E-state index in [2.05, 4.69) is 10.6 Å². The van der Waals surface area contributed by atoms with Crippen LogP contribution in [0, 0.1) is 0 Å². The SMILES string of the molecule is CCCCN(CC(=O)NCC(=O)Nc1ccc(OC)cc1)C(=O)c1ccc(Cl)c(Cl)c1. The maximum Gasteiger partial charge on any atom is 0.254 e. The number of ether oxygens (including phenoxy) is 1. The van der Waals surface area contributed by atoms with Crippen LogP contribution in [0.3, 0.4) is 0 Å². The molecule has 2 aromatic carbocycles. The second-order valence-corrected chi connectivity index (χ2v) is 7.58. The van der Waals surface area contributed by atoms with Crippen LogP contribution in [-0.4, -0.2) is 49.4 Å². The van der Waals surface area contributed by atoms with Gasteiger partial charge in [0.1, 0.15) is 5.75 Å². The summed E-state index contributed by atoms with van der Waals surface area (Å²) in [5.41, 5.74) is 0.926. The summed E-state index contributed by atoms with van der Waals surface area (Å²) in [6.07, 6.45) is 1.59. The fourth-order valence-electron chi connectivity index (χ4n) is 2.70. The monoisotopic (exact) mass is 465 g/mol. The molecule has 0 unspecified atom stereocenters. The molecule has 2 aromatic rings. The third-order valence-electron chi connectivity index (χ3n) is 4.39. The van der Waals surface area contributed by atoms with Crippen molar-refractivity contribution >= 4 is 46.6 Å². The summed E-state index contributed by atoms with van der Waals surface area (Å²) in [4.78, 5) is 38.7. The highest BCUT2D eigenvalue weighted by Crippen LogP contribution is 2.23. The zero-order chi connectivity index (χ0) is 22.8. The minimum atomic E-state index is -0.436. The molecule has 7 nitrogen and oxygen atoms in total. The number of methoxy groups -OCH3 is 1. The quantitative estimate of drug-likeness (QED) is 0.554. The number of anilines is 1. The van der Waals surface area contributed by atoms with E-state index < -0.39 is 5.91 Å². The Balaban J connectivity index is 1.92. The fourth-order valence-corrected chi connectivity index (χ4v) is 3.00. The van der Waals surface area contributed by atoms with Gasteiger partial charge in [0, 0.05) is 17.8 Å². The Kier molecular flexibility index (Phi) is 9.62. The zero-order valence-corrected chi connectivity index (χ0v) is 18.9. The van der Waals surface area contributed by atoms with Gasteiger partial charge in [0.05, 0.1) is 30.2 Å². The molecule has 0 aliphatic rings. The molecule has 2 N–H and O–H groups in total. The molecule has 0 aliphatic heterocycles. The number of hydrogen-bond acceptors (Lipinski definition) is 4. The fraction of sp³-hybridized carbons (Fsp3) is 0.318. The van der Waals surface area contributed by atoms with Crippen molar-refractivity contribution in [3.8, 4) is 5.75 Å². The van der Waals surface area contributed by atoms with E-state index in [1.807, 2.05) is 6.92 Å². The van der Waals surface area contributed by atoms with Crippen molar-refractivity contribution in [2.75, 3.05) is 32.1 Å². The van der Waals surface area contributed by atoms with Crippen molar-refractivity contribution in [1.29, 1.82) is 0 Å². The van der Waals surface area contributed by atoms with Gasteiger partial charge in [0.15, 0.2) is 0 Å². The smallest absolute Gasteiger partial charge is 0.254 e. The van der Waals surface area contributed by atoms with Crippen LogP contribution >= 0.6 is 23.2 Å². The second-order valence-electron chi connectivity index (χ2n) is 6.76. The molecule has 0 spiro atoms. The maximum absolute atomic E-state index is 12.8. The van der Waals surface area contributed by atoms with Crippen LogP contribution in [0.15, 0.2) is 42.5 Å². The maximum atomic E-state index is 12.8. The van der Waals surface area contributed by atoms with Gasteiger partial charge < -0.3 is 20.3 Å². The molecule has 0 heterocycles. The van der Waals surface area contributed by atoms with E-state index in [-0.39, 0.29) is 29.9 Å². The Bertz CT molecular complexity index is 919. The molecule has 0 aromatic heterocycles. The zero-order valence-electron chi connectivity index (χ0n) is 17.4. The van der Waals surface area contributed by atoms with Crippen molar-refractivity contribution < 1.29 is 19.1 Å². The van der Waals surface area contributed by atoms with Crippen LogP contribution in [0.1, 0.15) is 30.1 Å². The Morgan fingerprint density at radius 2 is 1.71 bits per heavy atom. The number of rotatable bonds is 10. The summed E-state index contributed by atoms with van der Waals surface area (Å²) in [5.74, 6) is -0.473. The van der Waals surface area contributed by atoms with Crippen LogP contribution < -0.4 is 15.4 Å². The highest BCUT2D eigenvalue weighted by atomic mass is 35.5. The average molecular weight is 466 g/mol. The van der Waals surface area contributed by atoms with Gasteiger partial charge in [-0.15, -0.1) is 0 Å². The van der Waals surface area contributed by atoms with Crippen molar-refractivity contribution in [2.45, 2.75) is 19.8 Å². The molecular formula is C22H25Cl2N3O4. The van der Waals surface area contributed by atoms with Gasteiger partial charge in [-0.2, -0.15) is 0 Å². The molecule has 0 bridgehead atoms. The number of amides is 3. The molecule has 0 atom stereocenters. The summed E-state index contributed by atoms with van der Waals surface area (Å²) < 4.78 is 5.07. The van der Waals surface area contributed by atoms with Gasteiger partial charge in [-0.05, 0) is 48.9 Å². The first-order valence-corrected chi connectivity index (χ1v) is 10.5. The normalized spacial score (nSPS) is 10.3. The van der Waals surface area contributed by atoms with E-state index in [9.17, 15) is 14.4 Å². The van der Waals surface area contributed by atoms with Crippen LogP contribution in [0.4, 0.5) is 5.69 Å². The van der Waals surface area contributed by atoms with Crippen molar-refractivity contribution in [2.24, 2.45) is 0 Å². The molecule has 31 heavy (non-hydrogen) atoms. The third-order valence-corrected chi connectivity index (χ3v) is 5.13. The third kappa shape index (κ3) is 7.77. The Morgan fingerprint density at radius 3 is 2.32 bits per heavy atom. The number of halogens is 2. The number of nitrogens with one attached hydrogen (secondary N) is 2. The molecule has 0 aliphatic carbocycles. The van der Waals surface area contributed by atoms with Gasteiger partial charge in [-0.3, -0.25) is 14.4 Å². The number of unbranched alkanes of at least 4 members (excludes halogenated alkanes) is 1. The number of carbonyl (C=O) groups excluding carboxylic acids is 3. The minimum absolute atomic E-state index is 0.172. The molecule has 0 fully saturated rings. The van der Waals surface area contributed by atoms with E-state index >= 15 is 0 Å². The summed E-state index contributed by atoms with van der Waals surface area (Å²) in [6, 6.07) is 11.4. The lowest BCUT2D eigenvalue weighted by Gasteiger charge is -2.22. The molecule has 3 amide bonds. The Labute approximate surface area is 191 Å². The van der Waals surface area contributed by atoms with Crippen LogP contribution in [0.5, 0.6) is 5.75 Å². The summed E-state index contributed by atoms with van der Waals surface area (Å²) in [7, 11) is 1.55. The summed E-state index contributed by atoms with van der Waals surface area (Å²) >= 11 is 11.9. The van der Waals surface area contributed by atoms with Gasteiger partial charge in [-0.1, -0.05) is 36.5 Å². The lowest BCUT2D eigenvalue weighted by molar-refractivity contribution is -0.124. The average Bonchev–Trinajstić information content (AvgIpc) is 2.77. The predicted molar refractivity (Wildman–Crippen MR) is 122 cm³/mol. The number of carbonyl (C=O) groups is 3. The molecule has 0 radical (unpaired) electrons. The number of nitrogens with zero attached hydrogens (tertiary/aromatic N) is 1. The summed E-state index contributed by atoms with van der Waals surface area (Å²) in [6.45, 7) is 2.01. The van der Waals surface area contributed by atoms with Crippen LogP contribution in [0.2, 0.25) is 10.0 Å². The van der Waals surface area contributed by atoms with Crippen molar-refractivity contribution in [3.63, 3.8) is 0 Å². The minimum Gasteiger partial charge on any atom is -0.497 e. The number of benzene rings is 2. The lowest BCUT2D eigenvalue weighted by Crippen LogP contribution is -2.43. The van der Waals surface area contributed by atoms with E-state index in [0.29, 0.717) is 28.6 Å². The number of hydrogen-bond donors (Lipinski definition) is 2. The summed E-state index contributed by atoms with van der Waals surface area (Å²) in [5, 5.41) is 5.83. The topological polar surface area (TPSA) is 87.7 Å². The van der Waals surface area contributed by atoms with Crippen LogP contribution in [0.25, 0.3) is 0 Å². The van der Waals surface area contributed by atoms with E-state index in [1.165, 1.54) is 11.0 Å². The first-order valence-electron chi connectivity index (χ1n) is 9.79. The molecular weight excluding hydrogens is 441 g/mol. The van der Waals surface area contributed by atoms with E-state index in [0.717, 1.165) is 12.8 Å². The molecule has 0 saturated heterocycles. The Hall–Kier alpha value is -2.77. The largest absolute Gasteiger partial charge is 0.497 e. The highest BCUT2D eigenvalue weighted by molar-refractivity contribution is 6.42. The molecule has 0 saturated carbocycles.